The van der Waals surface area contributed by atoms with E-state index in [-0.39, 0.29) is 30.1 Å². The van der Waals surface area contributed by atoms with Crippen LogP contribution in [-0.2, 0) is 22.5 Å². The molecule has 0 aliphatic carbocycles. The monoisotopic (exact) mass is 615 g/mol. The van der Waals surface area contributed by atoms with Crippen LogP contribution in [0.3, 0.4) is 0 Å². The van der Waals surface area contributed by atoms with Gasteiger partial charge in [0.15, 0.2) is 0 Å². The molecule has 5 rings (SSSR count). The van der Waals surface area contributed by atoms with Crippen molar-refractivity contribution in [1.29, 1.82) is 0 Å². The molecule has 0 radical (unpaired) electrons. The molecule has 2 aromatic heterocycles. The molecule has 3 atom stereocenters. The van der Waals surface area contributed by atoms with Crippen molar-refractivity contribution in [2.75, 3.05) is 38.7 Å². The summed E-state index contributed by atoms with van der Waals surface area (Å²) < 4.78 is 22.5. The van der Waals surface area contributed by atoms with Gasteiger partial charge in [0, 0.05) is 81.1 Å². The Balaban J connectivity index is 1.21. The molecule has 8 nitrogen and oxygen atoms in total. The number of benzene rings is 2. The third-order valence-electron chi connectivity index (χ3n) is 8.79. The van der Waals surface area contributed by atoms with E-state index < -0.39 is 6.10 Å². The Morgan fingerprint density at radius 3 is 2.67 bits per heavy atom. The predicted octanol–water partition coefficient (Wildman–Crippen LogP) is 5.65. The number of anilines is 1. The number of ether oxygens (including phenoxy) is 1. The van der Waals surface area contributed by atoms with Crippen LogP contribution in [0.5, 0.6) is 0 Å². The maximum Gasteiger partial charge on any atom is 0.224 e. The second-order valence-electron chi connectivity index (χ2n) is 12.4. The van der Waals surface area contributed by atoms with Crippen LogP contribution in [0.15, 0.2) is 60.8 Å². The van der Waals surface area contributed by atoms with Gasteiger partial charge in [0.2, 0.25) is 5.91 Å². The molecule has 0 saturated carbocycles. The number of hydrogen-bond donors (Lipinski definition) is 3. The number of aryl methyl sites for hydroxylation is 2. The van der Waals surface area contributed by atoms with Gasteiger partial charge in [-0.1, -0.05) is 36.4 Å². The van der Waals surface area contributed by atoms with Crippen LogP contribution in [-0.4, -0.2) is 71.0 Å². The first kappa shape index (κ1) is 32.6. The Bertz CT molecular complexity index is 1570. The van der Waals surface area contributed by atoms with Crippen LogP contribution in [0.1, 0.15) is 55.3 Å². The second kappa shape index (κ2) is 15.0. The molecule has 1 unspecified atom stereocenters. The van der Waals surface area contributed by atoms with Gasteiger partial charge in [-0.25, -0.2) is 9.37 Å². The first-order valence-electron chi connectivity index (χ1n) is 16.0. The number of methoxy groups -OCH3 is 1. The van der Waals surface area contributed by atoms with E-state index in [2.05, 4.69) is 46.1 Å². The number of fused-ring (bicyclic) bond motifs is 1. The Morgan fingerprint density at radius 1 is 1.18 bits per heavy atom. The van der Waals surface area contributed by atoms with Crippen molar-refractivity contribution < 1.29 is 19.0 Å². The number of nitrogens with zero attached hydrogens (tertiary/aromatic N) is 3. The van der Waals surface area contributed by atoms with E-state index in [0.29, 0.717) is 38.2 Å². The van der Waals surface area contributed by atoms with Gasteiger partial charge in [0.25, 0.3) is 0 Å². The fraction of sp³-hybridized carbons (Fsp3) is 0.444. The van der Waals surface area contributed by atoms with Crippen molar-refractivity contribution in [2.45, 2.75) is 70.6 Å². The summed E-state index contributed by atoms with van der Waals surface area (Å²) >= 11 is 0. The molecule has 1 aliphatic heterocycles. The van der Waals surface area contributed by atoms with Crippen molar-refractivity contribution in [1.82, 2.24) is 14.5 Å². The summed E-state index contributed by atoms with van der Waals surface area (Å²) in [4.78, 5) is 19.9. The molecule has 2 aromatic carbocycles. The molecule has 9 heteroatoms. The van der Waals surface area contributed by atoms with Crippen molar-refractivity contribution >= 4 is 22.6 Å². The summed E-state index contributed by atoms with van der Waals surface area (Å²) in [5.41, 5.74) is 12.5. The van der Waals surface area contributed by atoms with Crippen LogP contribution in [0.2, 0.25) is 0 Å². The number of piperidine rings is 1. The molecule has 240 valence electrons. The Hall–Kier alpha value is -3.79. The zero-order valence-electron chi connectivity index (χ0n) is 26.6. The van der Waals surface area contributed by atoms with Crippen molar-refractivity contribution in [2.24, 2.45) is 5.73 Å². The van der Waals surface area contributed by atoms with E-state index in [1.807, 2.05) is 29.3 Å². The van der Waals surface area contributed by atoms with E-state index in [0.717, 1.165) is 65.0 Å². The first-order chi connectivity index (χ1) is 21.7. The zero-order valence-corrected chi connectivity index (χ0v) is 26.6. The lowest BCUT2D eigenvalue weighted by Gasteiger charge is -2.34. The fourth-order valence-corrected chi connectivity index (χ4v) is 6.59. The lowest BCUT2D eigenvalue weighted by Crippen LogP contribution is -2.42. The second-order valence-corrected chi connectivity index (χ2v) is 12.4. The van der Waals surface area contributed by atoms with Crippen molar-refractivity contribution in [3.63, 3.8) is 0 Å². The number of carbonyl (C=O) groups excluding carboxylic acids is 1. The normalized spacial score (nSPS) is 16.6. The van der Waals surface area contributed by atoms with Gasteiger partial charge in [-0.15, -0.1) is 0 Å². The van der Waals surface area contributed by atoms with Gasteiger partial charge in [0.05, 0.1) is 11.6 Å². The fourth-order valence-electron chi connectivity index (χ4n) is 6.59. The first-order valence-corrected chi connectivity index (χ1v) is 16.0. The Labute approximate surface area is 265 Å². The summed E-state index contributed by atoms with van der Waals surface area (Å²) in [6, 6.07) is 17.1. The minimum Gasteiger partial charge on any atom is -0.392 e. The number of aliphatic hydroxyl groups is 1. The molecule has 0 spiro atoms. The van der Waals surface area contributed by atoms with E-state index in [9.17, 15) is 9.90 Å². The highest BCUT2D eigenvalue weighted by molar-refractivity contribution is 5.86. The SMILES string of the molecule is COCCCn1c(C2CCCN(C(=O)C[C@H](N)Cc3ccc(-c4ccc(NC[C@H](C)O)nc4)cc3)C2)c(C)c2cccc(F)c21. The smallest absolute Gasteiger partial charge is 0.224 e. The van der Waals surface area contributed by atoms with Crippen LogP contribution in [0.25, 0.3) is 22.0 Å². The standard InChI is InChI=1S/C36H46FN5O3/c1-24(43)21-39-33-15-14-28(22-40-33)27-12-10-26(11-13-27)19-30(38)20-34(44)41-16-5-7-29(23-41)35-25(2)31-8-4-9-32(37)36(31)42(35)17-6-18-45-3/h4,8-15,22,24,29-30,43H,5-7,16-21,23,38H2,1-3H3,(H,39,40)/t24-,29?,30+/m0/s1. The van der Waals surface area contributed by atoms with Crippen LogP contribution in [0, 0.1) is 12.7 Å². The van der Waals surface area contributed by atoms with Gasteiger partial charge in [-0.3, -0.25) is 4.79 Å². The van der Waals surface area contributed by atoms with Gasteiger partial charge in [-0.05, 0) is 74.4 Å². The van der Waals surface area contributed by atoms with E-state index in [1.165, 1.54) is 6.07 Å². The molecule has 4 aromatic rings. The third-order valence-corrected chi connectivity index (χ3v) is 8.79. The molecule has 1 saturated heterocycles. The molecule has 3 heterocycles. The molecule has 1 aliphatic rings. The number of amides is 1. The molecule has 4 N–H and O–H groups in total. The molecule has 0 bridgehead atoms. The van der Waals surface area contributed by atoms with Gasteiger partial charge < -0.3 is 30.4 Å². The minimum atomic E-state index is -0.441. The van der Waals surface area contributed by atoms with Crippen LogP contribution in [0.4, 0.5) is 10.2 Å². The maximum absolute atomic E-state index is 15.1. The van der Waals surface area contributed by atoms with Gasteiger partial charge in [0.1, 0.15) is 11.6 Å². The van der Waals surface area contributed by atoms with Crippen molar-refractivity contribution in [3.05, 3.63) is 83.4 Å². The van der Waals surface area contributed by atoms with Gasteiger partial charge in [-0.2, -0.15) is 0 Å². The number of hydrogen-bond acceptors (Lipinski definition) is 6. The molecule has 45 heavy (non-hydrogen) atoms. The Kier molecular flexibility index (Phi) is 10.9. The summed E-state index contributed by atoms with van der Waals surface area (Å²) in [6.07, 6.45) is 4.91. The zero-order chi connectivity index (χ0) is 31.9. The highest BCUT2D eigenvalue weighted by Crippen LogP contribution is 2.37. The number of pyridine rings is 1. The highest BCUT2D eigenvalue weighted by Gasteiger charge is 2.30. The molecule has 1 fully saturated rings. The number of nitrogens with one attached hydrogen (secondary N) is 1. The highest BCUT2D eigenvalue weighted by atomic mass is 19.1. The third kappa shape index (κ3) is 7.90. The average molecular weight is 616 g/mol. The maximum atomic E-state index is 15.1. The quantitative estimate of drug-likeness (QED) is 0.168. The number of aliphatic hydroxyl groups excluding tert-OH is 1. The van der Waals surface area contributed by atoms with Gasteiger partial charge >= 0.3 is 0 Å². The number of para-hydroxylation sites is 1. The number of likely N-dealkylation sites (tertiary alicyclic amines) is 1. The predicted molar refractivity (Wildman–Crippen MR) is 178 cm³/mol. The lowest BCUT2D eigenvalue weighted by molar-refractivity contribution is -0.132. The number of carbonyl (C=O) groups is 1. The summed E-state index contributed by atoms with van der Waals surface area (Å²) in [7, 11) is 1.68. The van der Waals surface area contributed by atoms with Crippen LogP contribution >= 0.6 is 0 Å². The largest absolute Gasteiger partial charge is 0.392 e. The number of halogens is 1. The van der Waals surface area contributed by atoms with E-state index in [1.54, 1.807) is 20.1 Å². The topological polar surface area (TPSA) is 106 Å². The lowest BCUT2D eigenvalue weighted by atomic mass is 9.91. The van der Waals surface area contributed by atoms with E-state index >= 15 is 4.39 Å². The van der Waals surface area contributed by atoms with Crippen molar-refractivity contribution in [3.8, 4) is 11.1 Å². The van der Waals surface area contributed by atoms with E-state index in [4.69, 9.17) is 10.5 Å². The summed E-state index contributed by atoms with van der Waals surface area (Å²) in [5.74, 6) is 0.724. The molecule has 1 amide bonds. The molecular weight excluding hydrogens is 569 g/mol. The van der Waals surface area contributed by atoms with Crippen LogP contribution < -0.4 is 11.1 Å². The average Bonchev–Trinajstić information content (AvgIpc) is 3.33. The number of nitrogens with two attached hydrogens (primary N) is 1. The number of rotatable bonds is 13. The molecular formula is C36H46FN5O3. The minimum absolute atomic E-state index is 0.0741. The summed E-state index contributed by atoms with van der Waals surface area (Å²) in [5, 5.41) is 13.5. The summed E-state index contributed by atoms with van der Waals surface area (Å²) in [6.45, 7) is 6.87. The Morgan fingerprint density at radius 2 is 1.96 bits per heavy atom. The number of aromatic nitrogens is 2.